The molecule has 1 aromatic carbocycles. The van der Waals surface area contributed by atoms with E-state index in [1.165, 1.54) is 17.9 Å². The van der Waals surface area contributed by atoms with Gasteiger partial charge in [0.05, 0.1) is 12.8 Å². The number of hydrogen-bond acceptors (Lipinski definition) is 7. The molecule has 2 saturated carbocycles. The zero-order valence-electron chi connectivity index (χ0n) is 23.5. The highest BCUT2D eigenvalue weighted by Gasteiger charge is 2.36. The van der Waals surface area contributed by atoms with Gasteiger partial charge in [-0.05, 0) is 63.0 Å². The normalized spacial score (nSPS) is 20.1. The van der Waals surface area contributed by atoms with Crippen molar-refractivity contribution in [3.8, 4) is 11.6 Å². The fourth-order valence-electron chi connectivity index (χ4n) is 5.92. The molecular formula is C30H39N5O6. The third-order valence-corrected chi connectivity index (χ3v) is 8.44. The van der Waals surface area contributed by atoms with Crippen molar-refractivity contribution in [2.75, 3.05) is 20.3 Å². The van der Waals surface area contributed by atoms with Crippen LogP contribution in [0.2, 0.25) is 0 Å². The van der Waals surface area contributed by atoms with Gasteiger partial charge < -0.3 is 25.0 Å². The summed E-state index contributed by atoms with van der Waals surface area (Å²) in [4.78, 5) is 53.4. The molecule has 1 aromatic heterocycles. The lowest BCUT2D eigenvalue weighted by atomic mass is 9.84. The summed E-state index contributed by atoms with van der Waals surface area (Å²) in [5.41, 5.74) is 0.699. The Morgan fingerprint density at radius 1 is 0.976 bits per heavy atom. The number of nitrogens with zero attached hydrogens (tertiary/aromatic N) is 3. The van der Waals surface area contributed by atoms with Crippen molar-refractivity contribution in [1.29, 1.82) is 0 Å². The van der Waals surface area contributed by atoms with E-state index in [1.54, 1.807) is 4.90 Å². The van der Waals surface area contributed by atoms with Crippen molar-refractivity contribution in [3.63, 3.8) is 0 Å². The third kappa shape index (κ3) is 6.71. The molecule has 3 fully saturated rings. The fourth-order valence-corrected chi connectivity index (χ4v) is 5.92. The molecule has 3 aliphatic rings. The van der Waals surface area contributed by atoms with Crippen LogP contribution in [-0.4, -0.2) is 76.8 Å². The summed E-state index contributed by atoms with van der Waals surface area (Å²) < 4.78 is 12.4. The van der Waals surface area contributed by atoms with Crippen LogP contribution >= 0.6 is 0 Å². The molecule has 3 amide bonds. The van der Waals surface area contributed by atoms with E-state index in [0.717, 1.165) is 57.8 Å². The van der Waals surface area contributed by atoms with Gasteiger partial charge in [-0.15, -0.1) is 0 Å². The van der Waals surface area contributed by atoms with Crippen LogP contribution in [0.4, 0.5) is 0 Å². The molecule has 2 aromatic rings. The molecule has 0 spiro atoms. The van der Waals surface area contributed by atoms with Gasteiger partial charge in [-0.3, -0.25) is 14.4 Å². The van der Waals surface area contributed by atoms with Gasteiger partial charge >= 0.3 is 5.97 Å². The lowest BCUT2D eigenvalue weighted by Crippen LogP contribution is -2.51. The van der Waals surface area contributed by atoms with E-state index < -0.39 is 24.0 Å². The first-order valence-electron chi connectivity index (χ1n) is 14.7. The smallest absolute Gasteiger partial charge is 0.328 e. The Morgan fingerprint density at radius 3 is 2.41 bits per heavy atom. The maximum Gasteiger partial charge on any atom is 0.328 e. The quantitative estimate of drug-likeness (QED) is 0.424. The van der Waals surface area contributed by atoms with Crippen molar-refractivity contribution in [2.45, 2.75) is 82.3 Å². The molecule has 11 heteroatoms. The van der Waals surface area contributed by atoms with Crippen molar-refractivity contribution < 1.29 is 28.7 Å². The Bertz CT molecular complexity index is 1240. The van der Waals surface area contributed by atoms with Crippen molar-refractivity contribution >= 4 is 23.7 Å². The number of amides is 3. The summed E-state index contributed by atoms with van der Waals surface area (Å²) in [7, 11) is 1.32. The van der Waals surface area contributed by atoms with Crippen LogP contribution in [0.3, 0.4) is 0 Å². The van der Waals surface area contributed by atoms with Crippen LogP contribution in [0.1, 0.15) is 74.7 Å². The average molecular weight is 566 g/mol. The van der Waals surface area contributed by atoms with Crippen LogP contribution in [0.25, 0.3) is 5.69 Å². The number of ether oxygens (including phenoxy) is 2. The van der Waals surface area contributed by atoms with Crippen LogP contribution in [0, 0.1) is 5.92 Å². The Labute approximate surface area is 239 Å². The summed E-state index contributed by atoms with van der Waals surface area (Å²) in [5, 5.41) is 10.4. The molecule has 1 saturated heterocycles. The van der Waals surface area contributed by atoms with Gasteiger partial charge in [-0.1, -0.05) is 37.5 Å². The predicted molar refractivity (Wildman–Crippen MR) is 149 cm³/mol. The van der Waals surface area contributed by atoms with Crippen LogP contribution < -0.4 is 15.4 Å². The zero-order valence-corrected chi connectivity index (χ0v) is 23.5. The Kier molecular flexibility index (Phi) is 9.21. The lowest BCUT2D eigenvalue weighted by Gasteiger charge is -2.30. The van der Waals surface area contributed by atoms with E-state index in [9.17, 15) is 19.2 Å². The highest BCUT2D eigenvalue weighted by atomic mass is 16.5. The van der Waals surface area contributed by atoms with Gasteiger partial charge in [-0.25, -0.2) is 9.48 Å². The second-order valence-corrected chi connectivity index (χ2v) is 11.2. The minimum Gasteiger partial charge on any atom is -0.467 e. The zero-order chi connectivity index (χ0) is 28.8. The third-order valence-electron chi connectivity index (χ3n) is 8.44. The molecule has 0 radical (unpaired) electrons. The number of hydrogen-bond donors (Lipinski definition) is 2. The summed E-state index contributed by atoms with van der Waals surface area (Å²) in [6.07, 6.45) is 9.25. The second-order valence-electron chi connectivity index (χ2n) is 11.2. The highest BCUT2D eigenvalue weighted by molar-refractivity contribution is 5.95. The number of esters is 1. The molecule has 41 heavy (non-hydrogen) atoms. The minimum absolute atomic E-state index is 0.000371. The Morgan fingerprint density at radius 2 is 1.73 bits per heavy atom. The molecule has 5 rings (SSSR count). The van der Waals surface area contributed by atoms with E-state index in [4.69, 9.17) is 9.47 Å². The lowest BCUT2D eigenvalue weighted by molar-refractivity contribution is -0.144. The number of benzene rings is 1. The number of nitrogens with one attached hydrogen (secondary N) is 2. The predicted octanol–water partition coefficient (Wildman–Crippen LogP) is 2.76. The highest BCUT2D eigenvalue weighted by Crippen LogP contribution is 2.28. The maximum atomic E-state index is 13.3. The van der Waals surface area contributed by atoms with E-state index in [2.05, 4.69) is 15.7 Å². The SMILES string of the molecule is COC(=O)C(NC(=O)c1cc(OCC(=O)N2CCC[C@H]2C(=O)NC2CCC2)n(-c2ccccc2)n1)C1CCCCC1. The van der Waals surface area contributed by atoms with Crippen LogP contribution in [0.15, 0.2) is 36.4 Å². The average Bonchev–Trinajstić information content (AvgIpc) is 3.65. The summed E-state index contributed by atoms with van der Waals surface area (Å²) >= 11 is 0. The Balaban J connectivity index is 1.30. The van der Waals surface area contributed by atoms with Crippen molar-refractivity contribution in [2.24, 2.45) is 5.92 Å². The summed E-state index contributed by atoms with van der Waals surface area (Å²) in [5.74, 6) is -1.20. The molecule has 11 nitrogen and oxygen atoms in total. The van der Waals surface area contributed by atoms with Gasteiger partial charge in [0.15, 0.2) is 12.3 Å². The van der Waals surface area contributed by atoms with E-state index in [1.807, 2.05) is 30.3 Å². The number of likely N-dealkylation sites (tertiary alicyclic amines) is 1. The minimum atomic E-state index is -0.765. The number of rotatable bonds is 10. The first-order valence-corrected chi connectivity index (χ1v) is 14.7. The number of methoxy groups -OCH3 is 1. The standard InChI is InChI=1S/C30H39N5O6/c1-40-30(39)27(20-10-4-2-5-11-20)32-28(37)23-18-26(35(33-23)22-14-6-3-7-15-22)41-19-25(36)34-17-9-16-24(34)29(38)31-21-12-8-13-21/h3,6-7,14-15,18,20-21,24,27H,2,4-5,8-13,16-17,19H2,1H3,(H,31,38)(H,32,37)/t24-,27?/m0/s1. The van der Waals surface area contributed by atoms with Crippen molar-refractivity contribution in [1.82, 2.24) is 25.3 Å². The molecule has 220 valence electrons. The topological polar surface area (TPSA) is 132 Å². The van der Waals surface area contributed by atoms with E-state index >= 15 is 0 Å². The number of carbonyl (C=O) groups excluding carboxylic acids is 4. The Hall–Kier alpha value is -3.89. The molecule has 2 atom stereocenters. The molecule has 2 heterocycles. The van der Waals surface area contributed by atoms with E-state index in [0.29, 0.717) is 18.7 Å². The fraction of sp³-hybridized carbons (Fsp3) is 0.567. The first-order chi connectivity index (χ1) is 19.9. The van der Waals surface area contributed by atoms with Gasteiger partial charge in [0.2, 0.25) is 11.8 Å². The van der Waals surface area contributed by atoms with Gasteiger partial charge in [-0.2, -0.15) is 5.10 Å². The molecule has 0 bridgehead atoms. The molecule has 1 unspecified atom stereocenters. The number of para-hydroxylation sites is 1. The van der Waals surface area contributed by atoms with Gasteiger partial charge in [0.25, 0.3) is 11.8 Å². The molecular weight excluding hydrogens is 526 g/mol. The number of carbonyl (C=O) groups is 4. The van der Waals surface area contributed by atoms with Gasteiger partial charge in [0.1, 0.15) is 12.1 Å². The molecule has 1 aliphatic heterocycles. The van der Waals surface area contributed by atoms with Crippen molar-refractivity contribution in [3.05, 3.63) is 42.1 Å². The summed E-state index contributed by atoms with van der Waals surface area (Å²) in [6, 6.07) is 9.55. The first kappa shape index (κ1) is 28.6. The summed E-state index contributed by atoms with van der Waals surface area (Å²) in [6.45, 7) is 0.187. The monoisotopic (exact) mass is 565 g/mol. The maximum absolute atomic E-state index is 13.3. The molecule has 2 N–H and O–H groups in total. The largest absolute Gasteiger partial charge is 0.467 e. The second kappa shape index (κ2) is 13.2. The molecule has 2 aliphatic carbocycles. The van der Waals surface area contributed by atoms with E-state index in [-0.39, 0.29) is 42.0 Å². The van der Waals surface area contributed by atoms with Gasteiger partial charge in [0, 0.05) is 18.7 Å². The number of aromatic nitrogens is 2. The van der Waals surface area contributed by atoms with Crippen LogP contribution in [0.5, 0.6) is 5.88 Å². The van der Waals surface area contributed by atoms with Crippen LogP contribution in [-0.2, 0) is 19.1 Å².